The van der Waals surface area contributed by atoms with E-state index in [0.29, 0.717) is 11.7 Å². The van der Waals surface area contributed by atoms with Gasteiger partial charge >= 0.3 is 0 Å². The van der Waals surface area contributed by atoms with Crippen LogP contribution in [0.15, 0.2) is 18.2 Å². The lowest BCUT2D eigenvalue weighted by atomic mass is 10.0. The first-order valence-electron chi connectivity index (χ1n) is 9.09. The first kappa shape index (κ1) is 17.9. The Bertz CT molecular complexity index is 605. The summed E-state index contributed by atoms with van der Waals surface area (Å²) in [5.41, 5.74) is 1.93. The Labute approximate surface area is 149 Å². The molecule has 1 aromatic carbocycles. The van der Waals surface area contributed by atoms with Crippen LogP contribution >= 0.6 is 0 Å². The van der Waals surface area contributed by atoms with Gasteiger partial charge in [-0.25, -0.2) is 0 Å². The number of likely N-dealkylation sites (N-methyl/N-ethyl adjacent to an activating group) is 1. The van der Waals surface area contributed by atoms with E-state index in [9.17, 15) is 10.1 Å². The van der Waals surface area contributed by atoms with Gasteiger partial charge in [-0.2, -0.15) is 0 Å². The molecule has 0 saturated carbocycles. The smallest absolute Gasteiger partial charge is 0.292 e. The molecule has 0 aromatic heterocycles. The highest BCUT2D eigenvalue weighted by Crippen LogP contribution is 2.33. The van der Waals surface area contributed by atoms with Crippen molar-refractivity contribution in [1.82, 2.24) is 9.80 Å². The van der Waals surface area contributed by atoms with Gasteiger partial charge in [0.05, 0.1) is 4.92 Å². The van der Waals surface area contributed by atoms with Gasteiger partial charge in [0, 0.05) is 71.2 Å². The molecule has 2 aliphatic heterocycles. The zero-order valence-electron chi connectivity index (χ0n) is 15.5. The minimum atomic E-state index is -0.307. The van der Waals surface area contributed by atoms with E-state index >= 15 is 0 Å². The molecule has 1 aromatic rings. The third-order valence-corrected chi connectivity index (χ3v) is 5.52. The van der Waals surface area contributed by atoms with E-state index in [1.54, 1.807) is 6.07 Å². The van der Waals surface area contributed by atoms with Gasteiger partial charge in [0.25, 0.3) is 5.69 Å². The van der Waals surface area contributed by atoms with Crippen LogP contribution in [0.2, 0.25) is 0 Å². The van der Waals surface area contributed by atoms with Gasteiger partial charge in [-0.15, -0.1) is 0 Å². The van der Waals surface area contributed by atoms with Crippen molar-refractivity contribution < 1.29 is 4.92 Å². The fourth-order valence-corrected chi connectivity index (χ4v) is 3.90. The van der Waals surface area contributed by atoms with Crippen LogP contribution in [0, 0.1) is 10.1 Å². The minimum absolute atomic E-state index is 0.168. The van der Waals surface area contributed by atoms with Crippen molar-refractivity contribution in [2.45, 2.75) is 18.9 Å². The van der Waals surface area contributed by atoms with Crippen molar-refractivity contribution in [2.24, 2.45) is 0 Å². The molecule has 25 heavy (non-hydrogen) atoms. The summed E-state index contributed by atoms with van der Waals surface area (Å²) in [6.45, 7) is 6.69. The van der Waals surface area contributed by atoms with Crippen LogP contribution < -0.4 is 9.80 Å². The number of piperazine rings is 1. The van der Waals surface area contributed by atoms with Gasteiger partial charge < -0.3 is 14.7 Å². The summed E-state index contributed by atoms with van der Waals surface area (Å²) in [7, 11) is 5.90. The van der Waals surface area contributed by atoms with Gasteiger partial charge in [0.2, 0.25) is 0 Å². The molecular weight excluding hydrogens is 318 g/mol. The fourth-order valence-electron chi connectivity index (χ4n) is 3.90. The van der Waals surface area contributed by atoms with Crippen LogP contribution in [0.3, 0.4) is 0 Å². The number of hydrogen-bond donors (Lipinski definition) is 0. The third-order valence-electron chi connectivity index (χ3n) is 5.52. The van der Waals surface area contributed by atoms with E-state index in [2.05, 4.69) is 21.7 Å². The topological polar surface area (TPSA) is 56.1 Å². The monoisotopic (exact) mass is 347 g/mol. The Kier molecular flexibility index (Phi) is 5.44. The molecule has 0 aliphatic carbocycles. The lowest BCUT2D eigenvalue weighted by Crippen LogP contribution is -2.52. The molecule has 0 bridgehead atoms. The molecule has 0 atom stereocenters. The van der Waals surface area contributed by atoms with Crippen LogP contribution in [-0.4, -0.2) is 81.2 Å². The van der Waals surface area contributed by atoms with Crippen LogP contribution in [0.1, 0.15) is 12.8 Å². The van der Waals surface area contributed by atoms with Crippen molar-refractivity contribution in [3.05, 3.63) is 28.3 Å². The number of rotatable bonds is 4. The molecule has 2 heterocycles. The predicted octanol–water partition coefficient (Wildman–Crippen LogP) is 1.88. The summed E-state index contributed by atoms with van der Waals surface area (Å²) in [4.78, 5) is 20.1. The second kappa shape index (κ2) is 7.58. The first-order valence-corrected chi connectivity index (χ1v) is 9.09. The highest BCUT2D eigenvalue weighted by atomic mass is 16.6. The summed E-state index contributed by atoms with van der Waals surface area (Å²) in [6, 6.07) is 6.16. The minimum Gasteiger partial charge on any atom is -0.372 e. The molecule has 2 saturated heterocycles. The molecule has 138 valence electrons. The third kappa shape index (κ3) is 4.04. The van der Waals surface area contributed by atoms with E-state index in [-0.39, 0.29) is 10.6 Å². The lowest BCUT2D eigenvalue weighted by Gasteiger charge is -2.42. The van der Waals surface area contributed by atoms with Crippen molar-refractivity contribution in [2.75, 3.05) is 70.2 Å². The fraction of sp³-hybridized carbons (Fsp3) is 0.667. The second-order valence-electron chi connectivity index (χ2n) is 7.38. The van der Waals surface area contributed by atoms with E-state index in [1.807, 2.05) is 31.1 Å². The maximum atomic E-state index is 11.2. The number of hydrogen-bond acceptors (Lipinski definition) is 6. The van der Waals surface area contributed by atoms with Gasteiger partial charge in [0.1, 0.15) is 5.69 Å². The summed E-state index contributed by atoms with van der Waals surface area (Å²) < 4.78 is 0. The molecule has 0 amide bonds. The van der Waals surface area contributed by atoms with Crippen LogP contribution in [0.5, 0.6) is 0 Å². The Balaban J connectivity index is 1.64. The molecule has 2 aliphatic rings. The van der Waals surface area contributed by atoms with E-state index in [4.69, 9.17) is 0 Å². The molecule has 0 N–H and O–H groups in total. The average Bonchev–Trinajstić information content (AvgIpc) is 2.62. The molecule has 0 spiro atoms. The highest BCUT2D eigenvalue weighted by molar-refractivity contribution is 5.69. The Morgan fingerprint density at radius 2 is 1.72 bits per heavy atom. The number of nitro benzene ring substituents is 1. The number of benzene rings is 1. The second-order valence-corrected chi connectivity index (χ2v) is 7.38. The lowest BCUT2D eigenvalue weighted by molar-refractivity contribution is -0.384. The molecule has 7 heteroatoms. The van der Waals surface area contributed by atoms with E-state index < -0.39 is 0 Å². The SMILES string of the molecule is CN1CCN(C2CCN(c3ccc([N+](=O)[O-])c(N(C)C)c3)CC2)CC1. The van der Waals surface area contributed by atoms with Crippen molar-refractivity contribution in [1.29, 1.82) is 0 Å². The number of anilines is 2. The van der Waals surface area contributed by atoms with Crippen LogP contribution in [0.25, 0.3) is 0 Å². The van der Waals surface area contributed by atoms with Gasteiger partial charge in [-0.1, -0.05) is 0 Å². The summed E-state index contributed by atoms with van der Waals surface area (Å²) >= 11 is 0. The Hall–Kier alpha value is -1.86. The van der Waals surface area contributed by atoms with Gasteiger partial charge in [0.15, 0.2) is 0 Å². The van der Waals surface area contributed by atoms with Gasteiger partial charge in [-0.05, 0) is 32.0 Å². The van der Waals surface area contributed by atoms with Crippen LogP contribution in [-0.2, 0) is 0 Å². The number of piperidine rings is 1. The molecule has 0 unspecified atom stereocenters. The van der Waals surface area contributed by atoms with Gasteiger partial charge in [-0.3, -0.25) is 15.0 Å². The normalized spacial score (nSPS) is 20.7. The van der Waals surface area contributed by atoms with Crippen molar-refractivity contribution in [3.8, 4) is 0 Å². The maximum Gasteiger partial charge on any atom is 0.292 e. The van der Waals surface area contributed by atoms with Crippen LogP contribution in [0.4, 0.5) is 17.1 Å². The van der Waals surface area contributed by atoms with Crippen molar-refractivity contribution in [3.63, 3.8) is 0 Å². The predicted molar refractivity (Wildman–Crippen MR) is 102 cm³/mol. The maximum absolute atomic E-state index is 11.2. The van der Waals surface area contributed by atoms with E-state index in [1.165, 1.54) is 13.1 Å². The Morgan fingerprint density at radius 3 is 2.28 bits per heavy atom. The summed E-state index contributed by atoms with van der Waals surface area (Å²) in [6.07, 6.45) is 2.33. The zero-order chi connectivity index (χ0) is 18.0. The first-order chi connectivity index (χ1) is 12.0. The molecule has 3 rings (SSSR count). The quantitative estimate of drug-likeness (QED) is 0.612. The summed E-state index contributed by atoms with van der Waals surface area (Å²) in [5.74, 6) is 0. The standard InChI is InChI=1S/C18H29N5O2/c1-19(2)18-14-16(4-5-17(18)23(24)25)21-8-6-15(7-9-21)22-12-10-20(3)11-13-22/h4-5,14-15H,6-13H2,1-3H3. The molecular formula is C18H29N5O2. The molecule has 2 fully saturated rings. The largest absolute Gasteiger partial charge is 0.372 e. The average molecular weight is 347 g/mol. The molecule has 7 nitrogen and oxygen atoms in total. The summed E-state index contributed by atoms with van der Waals surface area (Å²) in [5, 5.41) is 11.2. The molecule has 0 radical (unpaired) electrons. The number of nitro groups is 1. The Morgan fingerprint density at radius 1 is 1.08 bits per heavy atom. The van der Waals surface area contributed by atoms with Crippen molar-refractivity contribution >= 4 is 17.1 Å². The highest BCUT2D eigenvalue weighted by Gasteiger charge is 2.27. The zero-order valence-corrected chi connectivity index (χ0v) is 15.5. The van der Waals surface area contributed by atoms with E-state index in [0.717, 1.165) is 44.7 Å². The number of nitrogens with zero attached hydrogens (tertiary/aromatic N) is 5.